The van der Waals surface area contributed by atoms with Crippen LogP contribution >= 0.6 is 15.9 Å². The van der Waals surface area contributed by atoms with Crippen LogP contribution in [0, 0.1) is 5.82 Å². The number of rotatable bonds is 2. The van der Waals surface area contributed by atoms with Gasteiger partial charge in [0, 0.05) is 10.7 Å². The van der Waals surface area contributed by atoms with Crippen molar-refractivity contribution in [2.75, 3.05) is 5.32 Å². The van der Waals surface area contributed by atoms with Crippen molar-refractivity contribution < 1.29 is 9.18 Å². The van der Waals surface area contributed by atoms with Gasteiger partial charge in [-0.3, -0.25) is 9.78 Å². The van der Waals surface area contributed by atoms with E-state index in [-0.39, 0.29) is 11.4 Å². The number of nitrogens with one attached hydrogen (secondary N) is 1. The summed E-state index contributed by atoms with van der Waals surface area (Å²) in [5.74, 6) is -0.930. The SMILES string of the molecule is O=C(Nc1cc(Br)ccc1F)c1ccccn1. The molecule has 2 aromatic rings. The number of amides is 1. The number of halogens is 2. The lowest BCUT2D eigenvalue weighted by Crippen LogP contribution is -2.14. The molecule has 0 fully saturated rings. The smallest absolute Gasteiger partial charge is 0.274 e. The summed E-state index contributed by atoms with van der Waals surface area (Å²) in [6.45, 7) is 0. The Balaban J connectivity index is 2.22. The maximum absolute atomic E-state index is 13.4. The van der Waals surface area contributed by atoms with E-state index in [0.717, 1.165) is 0 Å². The summed E-state index contributed by atoms with van der Waals surface area (Å²) >= 11 is 3.21. The molecule has 17 heavy (non-hydrogen) atoms. The van der Waals surface area contributed by atoms with Crippen molar-refractivity contribution in [3.05, 3.63) is 58.6 Å². The normalized spacial score (nSPS) is 10.0. The predicted molar refractivity (Wildman–Crippen MR) is 66.3 cm³/mol. The molecule has 0 saturated heterocycles. The van der Waals surface area contributed by atoms with Gasteiger partial charge in [-0.25, -0.2) is 4.39 Å². The Morgan fingerprint density at radius 1 is 1.29 bits per heavy atom. The van der Waals surface area contributed by atoms with Gasteiger partial charge in [0.1, 0.15) is 11.5 Å². The molecule has 1 amide bonds. The number of carbonyl (C=O) groups excluding carboxylic acids is 1. The Labute approximate surface area is 106 Å². The van der Waals surface area contributed by atoms with Crippen LogP contribution in [0.5, 0.6) is 0 Å². The zero-order valence-corrected chi connectivity index (χ0v) is 10.2. The lowest BCUT2D eigenvalue weighted by Gasteiger charge is -2.06. The minimum atomic E-state index is -0.488. The van der Waals surface area contributed by atoms with E-state index < -0.39 is 11.7 Å². The molecule has 86 valence electrons. The highest BCUT2D eigenvalue weighted by Gasteiger charge is 2.10. The lowest BCUT2D eigenvalue weighted by molar-refractivity contribution is 0.102. The van der Waals surface area contributed by atoms with Crippen molar-refractivity contribution in [2.45, 2.75) is 0 Å². The van der Waals surface area contributed by atoms with E-state index >= 15 is 0 Å². The standard InChI is InChI=1S/C12H8BrFN2O/c13-8-4-5-9(14)11(7-8)16-12(17)10-3-1-2-6-15-10/h1-7H,(H,16,17). The average molecular weight is 295 g/mol. The van der Waals surface area contributed by atoms with Crippen LogP contribution < -0.4 is 5.32 Å². The molecule has 2 rings (SSSR count). The van der Waals surface area contributed by atoms with E-state index in [4.69, 9.17) is 0 Å². The maximum atomic E-state index is 13.4. The number of nitrogens with zero attached hydrogens (tertiary/aromatic N) is 1. The zero-order valence-electron chi connectivity index (χ0n) is 8.65. The monoisotopic (exact) mass is 294 g/mol. The number of benzene rings is 1. The molecule has 0 radical (unpaired) electrons. The molecule has 0 bridgehead atoms. The fraction of sp³-hybridized carbons (Fsp3) is 0. The molecule has 5 heteroatoms. The molecule has 3 nitrogen and oxygen atoms in total. The molecule has 1 N–H and O–H groups in total. The van der Waals surface area contributed by atoms with Gasteiger partial charge in [-0.2, -0.15) is 0 Å². The van der Waals surface area contributed by atoms with Gasteiger partial charge in [0.05, 0.1) is 5.69 Å². The highest BCUT2D eigenvalue weighted by atomic mass is 79.9. The van der Waals surface area contributed by atoms with E-state index in [1.165, 1.54) is 18.3 Å². The van der Waals surface area contributed by atoms with Crippen molar-refractivity contribution >= 4 is 27.5 Å². The van der Waals surface area contributed by atoms with Crippen molar-refractivity contribution in [3.8, 4) is 0 Å². The number of carbonyl (C=O) groups is 1. The van der Waals surface area contributed by atoms with Gasteiger partial charge < -0.3 is 5.32 Å². The molecule has 1 aromatic carbocycles. The summed E-state index contributed by atoms with van der Waals surface area (Å²) in [5.41, 5.74) is 0.363. The second-order valence-electron chi connectivity index (χ2n) is 3.29. The van der Waals surface area contributed by atoms with Crippen LogP contribution in [0.25, 0.3) is 0 Å². The fourth-order valence-corrected chi connectivity index (χ4v) is 1.64. The third-order valence-corrected chi connectivity index (χ3v) is 2.57. The quantitative estimate of drug-likeness (QED) is 0.924. The van der Waals surface area contributed by atoms with E-state index in [9.17, 15) is 9.18 Å². The Kier molecular flexibility index (Phi) is 3.49. The largest absolute Gasteiger partial charge is 0.318 e. The summed E-state index contributed by atoms with van der Waals surface area (Å²) in [6.07, 6.45) is 1.51. The number of hydrogen-bond donors (Lipinski definition) is 1. The number of hydrogen-bond acceptors (Lipinski definition) is 2. The Morgan fingerprint density at radius 3 is 2.82 bits per heavy atom. The van der Waals surface area contributed by atoms with Crippen LogP contribution in [-0.4, -0.2) is 10.9 Å². The van der Waals surface area contributed by atoms with E-state index in [0.29, 0.717) is 4.47 Å². The first-order valence-corrected chi connectivity index (χ1v) is 5.63. The molecular formula is C12H8BrFN2O. The minimum Gasteiger partial charge on any atom is -0.318 e. The van der Waals surface area contributed by atoms with Crippen LogP contribution in [0.15, 0.2) is 47.1 Å². The lowest BCUT2D eigenvalue weighted by atomic mass is 10.3. The van der Waals surface area contributed by atoms with Gasteiger partial charge in [-0.1, -0.05) is 22.0 Å². The molecule has 1 aromatic heterocycles. The second-order valence-corrected chi connectivity index (χ2v) is 4.21. The molecular weight excluding hydrogens is 287 g/mol. The first-order chi connectivity index (χ1) is 8.16. The van der Waals surface area contributed by atoms with Gasteiger partial charge in [-0.15, -0.1) is 0 Å². The Bertz CT molecular complexity index is 545. The Morgan fingerprint density at radius 2 is 2.12 bits per heavy atom. The molecule has 0 spiro atoms. The maximum Gasteiger partial charge on any atom is 0.274 e. The van der Waals surface area contributed by atoms with E-state index in [1.54, 1.807) is 24.3 Å². The van der Waals surface area contributed by atoms with Gasteiger partial charge in [0.25, 0.3) is 5.91 Å². The van der Waals surface area contributed by atoms with Crippen molar-refractivity contribution in [2.24, 2.45) is 0 Å². The fourth-order valence-electron chi connectivity index (χ4n) is 1.28. The predicted octanol–water partition coefficient (Wildman–Crippen LogP) is 3.24. The third-order valence-electron chi connectivity index (χ3n) is 2.07. The Hall–Kier alpha value is -1.75. The highest BCUT2D eigenvalue weighted by molar-refractivity contribution is 9.10. The van der Waals surface area contributed by atoms with Crippen molar-refractivity contribution in [1.82, 2.24) is 4.98 Å². The number of anilines is 1. The van der Waals surface area contributed by atoms with Crippen molar-refractivity contribution in [3.63, 3.8) is 0 Å². The number of pyridine rings is 1. The molecule has 0 aliphatic rings. The van der Waals surface area contributed by atoms with E-state index in [1.807, 2.05) is 0 Å². The molecule has 1 heterocycles. The summed E-state index contributed by atoms with van der Waals surface area (Å²) in [4.78, 5) is 15.6. The van der Waals surface area contributed by atoms with Gasteiger partial charge >= 0.3 is 0 Å². The molecule has 0 unspecified atom stereocenters. The van der Waals surface area contributed by atoms with Crippen LogP contribution in [0.1, 0.15) is 10.5 Å². The molecule has 0 aliphatic carbocycles. The summed E-state index contributed by atoms with van der Waals surface area (Å²) in [7, 11) is 0. The van der Waals surface area contributed by atoms with Crippen molar-refractivity contribution in [1.29, 1.82) is 0 Å². The molecule has 0 saturated carbocycles. The van der Waals surface area contributed by atoms with Crippen LogP contribution in [-0.2, 0) is 0 Å². The molecule has 0 aliphatic heterocycles. The average Bonchev–Trinajstić information content (AvgIpc) is 2.35. The minimum absolute atomic E-state index is 0.120. The van der Waals surface area contributed by atoms with Gasteiger partial charge in [0.2, 0.25) is 0 Å². The van der Waals surface area contributed by atoms with Crippen LogP contribution in [0.4, 0.5) is 10.1 Å². The second kappa shape index (κ2) is 5.05. The summed E-state index contributed by atoms with van der Waals surface area (Å²) in [6, 6.07) is 9.29. The summed E-state index contributed by atoms with van der Waals surface area (Å²) in [5, 5.41) is 2.46. The van der Waals surface area contributed by atoms with Gasteiger partial charge in [0.15, 0.2) is 0 Å². The zero-order chi connectivity index (χ0) is 12.3. The third kappa shape index (κ3) is 2.88. The first kappa shape index (κ1) is 11.7. The first-order valence-electron chi connectivity index (χ1n) is 4.84. The summed E-state index contributed by atoms with van der Waals surface area (Å²) < 4.78 is 14.1. The number of aromatic nitrogens is 1. The molecule has 0 atom stereocenters. The van der Waals surface area contributed by atoms with Gasteiger partial charge in [-0.05, 0) is 30.3 Å². The van der Waals surface area contributed by atoms with E-state index in [2.05, 4.69) is 26.2 Å². The topological polar surface area (TPSA) is 42.0 Å². The van der Waals surface area contributed by atoms with Crippen LogP contribution in [0.3, 0.4) is 0 Å². The highest BCUT2D eigenvalue weighted by Crippen LogP contribution is 2.20. The van der Waals surface area contributed by atoms with Crippen LogP contribution in [0.2, 0.25) is 0 Å².